The second kappa shape index (κ2) is 7.68. The summed E-state index contributed by atoms with van der Waals surface area (Å²) in [6, 6.07) is 8.50. The van der Waals surface area contributed by atoms with Crippen molar-refractivity contribution in [2.75, 3.05) is 18.0 Å². The summed E-state index contributed by atoms with van der Waals surface area (Å²) < 4.78 is 45.0. The van der Waals surface area contributed by atoms with Gasteiger partial charge in [0.05, 0.1) is 17.7 Å². The number of nitrogens with one attached hydrogen (secondary N) is 1. The van der Waals surface area contributed by atoms with Crippen molar-refractivity contribution in [3.63, 3.8) is 0 Å². The van der Waals surface area contributed by atoms with E-state index in [1.807, 2.05) is 5.43 Å². The highest BCUT2D eigenvalue weighted by atomic mass is 35.5. The molecule has 2 aromatic rings. The fourth-order valence-electron chi connectivity index (χ4n) is 2.07. The smallest absolute Gasteiger partial charge is 0.264 e. The second-order valence-corrected chi connectivity index (χ2v) is 7.15. The number of halogens is 2. The van der Waals surface area contributed by atoms with Crippen LogP contribution in [0.5, 0.6) is 5.75 Å². The molecule has 0 aliphatic carbocycles. The number of ether oxygens (including phenoxy) is 1. The van der Waals surface area contributed by atoms with Gasteiger partial charge in [0.1, 0.15) is 18.1 Å². The minimum atomic E-state index is -4.21. The Hall–Kier alpha value is -2.36. The molecule has 2 aromatic carbocycles. The van der Waals surface area contributed by atoms with E-state index in [4.69, 9.17) is 22.2 Å². The van der Waals surface area contributed by atoms with Gasteiger partial charge >= 0.3 is 0 Å². The van der Waals surface area contributed by atoms with Crippen molar-refractivity contribution >= 4 is 33.2 Å². The zero-order chi connectivity index (χ0) is 18.6. The normalized spacial score (nSPS) is 11.0. The van der Waals surface area contributed by atoms with Crippen molar-refractivity contribution in [2.24, 2.45) is 5.84 Å². The largest absolute Gasteiger partial charge is 0.495 e. The quantitative estimate of drug-likeness (QED) is 0.446. The van der Waals surface area contributed by atoms with Gasteiger partial charge in [-0.05, 0) is 42.5 Å². The van der Waals surface area contributed by atoms with Gasteiger partial charge in [-0.25, -0.2) is 18.7 Å². The Bertz CT molecular complexity index is 875. The molecule has 0 fully saturated rings. The molecule has 134 valence electrons. The molecule has 0 spiro atoms. The van der Waals surface area contributed by atoms with Gasteiger partial charge < -0.3 is 4.74 Å². The maximum absolute atomic E-state index is 13.1. The zero-order valence-corrected chi connectivity index (χ0v) is 14.6. The van der Waals surface area contributed by atoms with Crippen LogP contribution in [0, 0.1) is 5.82 Å². The van der Waals surface area contributed by atoms with Gasteiger partial charge in [-0.15, -0.1) is 0 Å². The molecular weight excluding hydrogens is 373 g/mol. The highest BCUT2D eigenvalue weighted by molar-refractivity contribution is 7.92. The molecule has 0 radical (unpaired) electrons. The van der Waals surface area contributed by atoms with E-state index < -0.39 is 28.3 Å². The molecule has 0 aromatic heterocycles. The number of hydrogen-bond acceptors (Lipinski definition) is 5. The summed E-state index contributed by atoms with van der Waals surface area (Å²) in [5.41, 5.74) is 1.92. The van der Waals surface area contributed by atoms with Crippen LogP contribution in [0.3, 0.4) is 0 Å². The van der Waals surface area contributed by atoms with Gasteiger partial charge in [-0.2, -0.15) is 0 Å². The molecule has 10 heteroatoms. The number of sulfonamides is 1. The second-order valence-electron chi connectivity index (χ2n) is 4.85. The lowest BCUT2D eigenvalue weighted by molar-refractivity contribution is -0.119. The van der Waals surface area contributed by atoms with Gasteiger partial charge in [-0.3, -0.25) is 14.5 Å². The van der Waals surface area contributed by atoms with Gasteiger partial charge in [-0.1, -0.05) is 11.6 Å². The average molecular weight is 388 g/mol. The zero-order valence-electron chi connectivity index (χ0n) is 13.1. The van der Waals surface area contributed by atoms with Gasteiger partial charge in [0.2, 0.25) is 0 Å². The van der Waals surface area contributed by atoms with Gasteiger partial charge in [0.15, 0.2) is 0 Å². The molecular formula is C15H15ClFN3O4S. The minimum Gasteiger partial charge on any atom is -0.495 e. The van der Waals surface area contributed by atoms with E-state index in [1.165, 1.54) is 25.3 Å². The molecule has 7 nitrogen and oxygen atoms in total. The van der Waals surface area contributed by atoms with Crippen molar-refractivity contribution in [1.29, 1.82) is 0 Å². The topological polar surface area (TPSA) is 102 Å². The van der Waals surface area contributed by atoms with Crippen molar-refractivity contribution < 1.29 is 22.3 Å². The number of carbonyl (C=O) groups is 1. The third-order valence-electron chi connectivity index (χ3n) is 3.26. The molecule has 0 aliphatic heterocycles. The molecule has 0 aliphatic rings. The van der Waals surface area contributed by atoms with Gasteiger partial charge in [0.25, 0.3) is 15.9 Å². The van der Waals surface area contributed by atoms with Crippen LogP contribution in [0.15, 0.2) is 47.4 Å². The van der Waals surface area contributed by atoms with Crippen molar-refractivity contribution in [3.8, 4) is 5.75 Å². The van der Waals surface area contributed by atoms with Crippen LogP contribution in [0.4, 0.5) is 10.1 Å². The highest BCUT2D eigenvalue weighted by Gasteiger charge is 2.29. The number of nitrogens with two attached hydrogens (primary N) is 1. The standard InChI is InChI=1S/C15H15ClFN3O4S/c1-24-14-7-2-10(16)8-13(14)20(9-15(21)19-18)25(22,23)12-5-3-11(17)4-6-12/h2-8H,9,18H2,1H3,(H,19,21). The maximum atomic E-state index is 13.1. The van der Waals surface area contributed by atoms with Crippen molar-refractivity contribution in [3.05, 3.63) is 53.3 Å². The summed E-state index contributed by atoms with van der Waals surface area (Å²) in [7, 11) is -2.87. The Morgan fingerprint density at radius 1 is 1.28 bits per heavy atom. The summed E-state index contributed by atoms with van der Waals surface area (Å²) in [6.07, 6.45) is 0. The summed E-state index contributed by atoms with van der Waals surface area (Å²) in [5, 5.41) is 0.239. The number of carbonyl (C=O) groups excluding carboxylic acids is 1. The fraction of sp³-hybridized carbons (Fsp3) is 0.133. The van der Waals surface area contributed by atoms with Crippen LogP contribution in [0.25, 0.3) is 0 Å². The van der Waals surface area contributed by atoms with Crippen LogP contribution < -0.4 is 20.3 Å². The molecule has 0 unspecified atom stereocenters. The number of hydrazine groups is 1. The van der Waals surface area contributed by atoms with E-state index in [1.54, 1.807) is 0 Å². The molecule has 0 atom stereocenters. The Balaban J connectivity index is 2.62. The number of methoxy groups -OCH3 is 1. The van der Waals surface area contributed by atoms with Crippen LogP contribution in [0.1, 0.15) is 0 Å². The average Bonchev–Trinajstić information content (AvgIpc) is 2.59. The minimum absolute atomic E-state index is 0.0444. The van der Waals surface area contributed by atoms with E-state index in [0.717, 1.165) is 28.6 Å². The number of rotatable bonds is 6. The summed E-state index contributed by atoms with van der Waals surface area (Å²) >= 11 is 5.95. The molecule has 0 heterocycles. The molecule has 0 saturated heterocycles. The number of amides is 1. The first kappa shape index (κ1) is 19.0. The number of nitrogens with zero attached hydrogens (tertiary/aromatic N) is 1. The van der Waals surface area contributed by atoms with Crippen LogP contribution in [-0.4, -0.2) is 28.0 Å². The van der Waals surface area contributed by atoms with E-state index in [9.17, 15) is 17.6 Å². The van der Waals surface area contributed by atoms with E-state index in [-0.39, 0.29) is 21.4 Å². The predicted octanol–water partition coefficient (Wildman–Crippen LogP) is 1.67. The third kappa shape index (κ3) is 4.19. The lowest BCUT2D eigenvalue weighted by atomic mass is 10.3. The number of hydrogen-bond donors (Lipinski definition) is 2. The molecule has 0 bridgehead atoms. The highest BCUT2D eigenvalue weighted by Crippen LogP contribution is 2.34. The van der Waals surface area contributed by atoms with E-state index >= 15 is 0 Å². The first-order valence-electron chi connectivity index (χ1n) is 6.91. The Labute approximate surface area is 149 Å². The molecule has 2 rings (SSSR count). The molecule has 0 saturated carbocycles. The third-order valence-corrected chi connectivity index (χ3v) is 5.27. The Kier molecular flexibility index (Phi) is 5.83. The van der Waals surface area contributed by atoms with Crippen molar-refractivity contribution in [2.45, 2.75) is 4.90 Å². The van der Waals surface area contributed by atoms with E-state index in [2.05, 4.69) is 0 Å². The van der Waals surface area contributed by atoms with Gasteiger partial charge in [0, 0.05) is 5.02 Å². The molecule has 25 heavy (non-hydrogen) atoms. The lowest BCUT2D eigenvalue weighted by Crippen LogP contribution is -2.43. The van der Waals surface area contributed by atoms with Crippen LogP contribution >= 0.6 is 11.6 Å². The maximum Gasteiger partial charge on any atom is 0.264 e. The Morgan fingerprint density at radius 2 is 1.92 bits per heavy atom. The summed E-state index contributed by atoms with van der Waals surface area (Å²) in [4.78, 5) is 11.5. The molecule has 3 N–H and O–H groups in total. The Morgan fingerprint density at radius 3 is 2.48 bits per heavy atom. The van der Waals surface area contributed by atoms with Crippen molar-refractivity contribution in [1.82, 2.24) is 5.43 Å². The lowest BCUT2D eigenvalue weighted by Gasteiger charge is -2.25. The SMILES string of the molecule is COc1ccc(Cl)cc1N(CC(=O)NN)S(=O)(=O)c1ccc(F)cc1. The number of benzene rings is 2. The van der Waals surface area contributed by atoms with E-state index in [0.29, 0.717) is 0 Å². The first-order valence-corrected chi connectivity index (χ1v) is 8.72. The monoisotopic (exact) mass is 387 g/mol. The predicted molar refractivity (Wildman–Crippen MR) is 91.3 cm³/mol. The fourth-order valence-corrected chi connectivity index (χ4v) is 3.66. The van der Waals surface area contributed by atoms with Crippen LogP contribution in [-0.2, 0) is 14.8 Å². The van der Waals surface area contributed by atoms with Crippen LogP contribution in [0.2, 0.25) is 5.02 Å². The molecule has 1 amide bonds. The number of anilines is 1. The summed E-state index contributed by atoms with van der Waals surface area (Å²) in [5.74, 6) is 3.90. The first-order chi connectivity index (χ1) is 11.8. The summed E-state index contributed by atoms with van der Waals surface area (Å²) in [6.45, 7) is -0.618.